The summed E-state index contributed by atoms with van der Waals surface area (Å²) in [6.07, 6.45) is 1.87. The number of piperazine rings is 1. The molecule has 1 aliphatic rings. The standard InChI is InChI=1S/C13H20ClN3/c1-13(2)10-17(7-6-16(13)3)12-5-4-11(8-14)9-15-12/h4-5,9H,6-8,10H2,1-3H3. The molecule has 1 aromatic heterocycles. The van der Waals surface area contributed by atoms with E-state index in [0.29, 0.717) is 5.88 Å². The fraction of sp³-hybridized carbons (Fsp3) is 0.615. The normalized spacial score (nSPS) is 20.6. The van der Waals surface area contributed by atoms with Crippen molar-refractivity contribution >= 4 is 17.4 Å². The van der Waals surface area contributed by atoms with Crippen molar-refractivity contribution < 1.29 is 0 Å². The molecule has 0 bridgehead atoms. The highest BCUT2D eigenvalue weighted by molar-refractivity contribution is 6.17. The SMILES string of the molecule is CN1CCN(c2ccc(CCl)cn2)CC1(C)C. The predicted molar refractivity (Wildman–Crippen MR) is 72.7 cm³/mol. The van der Waals surface area contributed by atoms with Crippen LogP contribution in [0.25, 0.3) is 0 Å². The number of halogens is 1. The first-order chi connectivity index (χ1) is 8.03. The van der Waals surface area contributed by atoms with Crippen LogP contribution in [0.15, 0.2) is 18.3 Å². The Balaban J connectivity index is 2.12. The van der Waals surface area contributed by atoms with Crippen molar-refractivity contribution in [2.75, 3.05) is 31.6 Å². The molecule has 0 spiro atoms. The van der Waals surface area contributed by atoms with E-state index in [1.165, 1.54) is 0 Å². The van der Waals surface area contributed by atoms with E-state index in [1.54, 1.807) is 0 Å². The molecular formula is C13H20ClN3. The maximum absolute atomic E-state index is 5.77. The second-order valence-corrected chi connectivity index (χ2v) is 5.58. The molecule has 1 aliphatic heterocycles. The lowest BCUT2D eigenvalue weighted by atomic mass is 10.00. The number of aromatic nitrogens is 1. The minimum atomic E-state index is 0.199. The Morgan fingerprint density at radius 2 is 2.12 bits per heavy atom. The molecule has 4 heteroatoms. The Kier molecular flexibility index (Phi) is 3.59. The van der Waals surface area contributed by atoms with E-state index in [1.807, 2.05) is 6.20 Å². The van der Waals surface area contributed by atoms with Crippen LogP contribution in [0.2, 0.25) is 0 Å². The Bertz CT molecular complexity index is 375. The number of nitrogens with zero attached hydrogens (tertiary/aromatic N) is 3. The number of hydrogen-bond acceptors (Lipinski definition) is 3. The summed E-state index contributed by atoms with van der Waals surface area (Å²) >= 11 is 5.77. The third kappa shape index (κ3) is 2.72. The highest BCUT2D eigenvalue weighted by Gasteiger charge is 2.31. The van der Waals surface area contributed by atoms with Crippen molar-refractivity contribution in [1.82, 2.24) is 9.88 Å². The molecule has 0 amide bonds. The van der Waals surface area contributed by atoms with Gasteiger partial charge in [-0.15, -0.1) is 11.6 Å². The van der Waals surface area contributed by atoms with Gasteiger partial charge < -0.3 is 4.90 Å². The molecule has 0 unspecified atom stereocenters. The van der Waals surface area contributed by atoms with Crippen LogP contribution in [0, 0.1) is 0 Å². The van der Waals surface area contributed by atoms with Gasteiger partial charge in [-0.1, -0.05) is 6.07 Å². The summed E-state index contributed by atoms with van der Waals surface area (Å²) in [6, 6.07) is 4.12. The lowest BCUT2D eigenvalue weighted by Gasteiger charge is -2.45. The van der Waals surface area contributed by atoms with Gasteiger partial charge in [-0.3, -0.25) is 4.90 Å². The van der Waals surface area contributed by atoms with Gasteiger partial charge in [0.25, 0.3) is 0 Å². The molecule has 3 nitrogen and oxygen atoms in total. The van der Waals surface area contributed by atoms with Crippen molar-refractivity contribution in [2.24, 2.45) is 0 Å². The molecule has 0 saturated carbocycles. The lowest BCUT2D eigenvalue weighted by molar-refractivity contribution is 0.138. The summed E-state index contributed by atoms with van der Waals surface area (Å²) in [5, 5.41) is 0. The topological polar surface area (TPSA) is 19.4 Å². The first-order valence-corrected chi connectivity index (χ1v) is 6.53. The fourth-order valence-corrected chi connectivity index (χ4v) is 2.28. The van der Waals surface area contributed by atoms with Crippen LogP contribution in [0.3, 0.4) is 0 Å². The summed E-state index contributed by atoms with van der Waals surface area (Å²) in [6.45, 7) is 7.66. The van der Waals surface area contributed by atoms with Crippen molar-refractivity contribution in [3.05, 3.63) is 23.9 Å². The molecule has 2 rings (SSSR count). The van der Waals surface area contributed by atoms with Crippen LogP contribution in [0.4, 0.5) is 5.82 Å². The zero-order chi connectivity index (χ0) is 12.5. The number of likely N-dealkylation sites (N-methyl/N-ethyl adjacent to an activating group) is 1. The van der Waals surface area contributed by atoms with Gasteiger partial charge in [0, 0.05) is 37.3 Å². The van der Waals surface area contributed by atoms with Crippen LogP contribution < -0.4 is 4.90 Å². The van der Waals surface area contributed by atoms with Gasteiger partial charge in [-0.25, -0.2) is 4.98 Å². The summed E-state index contributed by atoms with van der Waals surface area (Å²) in [4.78, 5) is 9.23. The van der Waals surface area contributed by atoms with Crippen LogP contribution in [-0.4, -0.2) is 42.1 Å². The number of alkyl halides is 1. The number of hydrogen-bond donors (Lipinski definition) is 0. The van der Waals surface area contributed by atoms with Gasteiger partial charge >= 0.3 is 0 Å². The van der Waals surface area contributed by atoms with Crippen LogP contribution in [0.1, 0.15) is 19.4 Å². The van der Waals surface area contributed by atoms with E-state index < -0.39 is 0 Å². The molecule has 2 heterocycles. The highest BCUT2D eigenvalue weighted by atomic mass is 35.5. The number of anilines is 1. The third-order valence-corrected chi connectivity index (χ3v) is 3.91. The predicted octanol–water partition coefficient (Wildman–Crippen LogP) is 2.35. The minimum Gasteiger partial charge on any atom is -0.354 e. The van der Waals surface area contributed by atoms with E-state index in [4.69, 9.17) is 11.6 Å². The zero-order valence-electron chi connectivity index (χ0n) is 10.8. The smallest absolute Gasteiger partial charge is 0.128 e. The summed E-state index contributed by atoms with van der Waals surface area (Å²) < 4.78 is 0. The van der Waals surface area contributed by atoms with E-state index in [2.05, 4.69) is 47.8 Å². The van der Waals surface area contributed by atoms with E-state index in [0.717, 1.165) is 31.0 Å². The van der Waals surface area contributed by atoms with Gasteiger partial charge in [-0.2, -0.15) is 0 Å². The molecular weight excluding hydrogens is 234 g/mol. The van der Waals surface area contributed by atoms with Gasteiger partial charge in [0.15, 0.2) is 0 Å². The maximum Gasteiger partial charge on any atom is 0.128 e. The molecule has 0 N–H and O–H groups in total. The van der Waals surface area contributed by atoms with Crippen molar-refractivity contribution in [3.63, 3.8) is 0 Å². The molecule has 1 saturated heterocycles. The second-order valence-electron chi connectivity index (χ2n) is 5.31. The highest BCUT2D eigenvalue weighted by Crippen LogP contribution is 2.23. The molecule has 0 aromatic carbocycles. The van der Waals surface area contributed by atoms with Crippen LogP contribution in [-0.2, 0) is 5.88 Å². The first-order valence-electron chi connectivity index (χ1n) is 6.00. The Morgan fingerprint density at radius 3 is 2.65 bits per heavy atom. The summed E-state index contributed by atoms with van der Waals surface area (Å²) in [7, 11) is 2.18. The molecule has 0 aliphatic carbocycles. The number of rotatable bonds is 2. The molecule has 1 fully saturated rings. The van der Waals surface area contributed by atoms with Crippen molar-refractivity contribution in [2.45, 2.75) is 25.3 Å². The largest absolute Gasteiger partial charge is 0.354 e. The van der Waals surface area contributed by atoms with Crippen molar-refractivity contribution in [1.29, 1.82) is 0 Å². The Labute approximate surface area is 108 Å². The van der Waals surface area contributed by atoms with Crippen LogP contribution in [0.5, 0.6) is 0 Å². The zero-order valence-corrected chi connectivity index (χ0v) is 11.5. The quantitative estimate of drug-likeness (QED) is 0.755. The molecule has 0 atom stereocenters. The Hall–Kier alpha value is -0.800. The fourth-order valence-electron chi connectivity index (χ4n) is 2.12. The van der Waals surface area contributed by atoms with Gasteiger partial charge in [0.05, 0.1) is 0 Å². The summed E-state index contributed by atoms with van der Waals surface area (Å²) in [5.41, 5.74) is 1.27. The average molecular weight is 254 g/mol. The monoisotopic (exact) mass is 253 g/mol. The second kappa shape index (κ2) is 4.83. The van der Waals surface area contributed by atoms with E-state index >= 15 is 0 Å². The number of pyridine rings is 1. The maximum atomic E-state index is 5.77. The van der Waals surface area contributed by atoms with E-state index in [-0.39, 0.29) is 5.54 Å². The minimum absolute atomic E-state index is 0.199. The molecule has 94 valence electrons. The Morgan fingerprint density at radius 1 is 1.35 bits per heavy atom. The van der Waals surface area contributed by atoms with Gasteiger partial charge in [0.2, 0.25) is 0 Å². The molecule has 17 heavy (non-hydrogen) atoms. The van der Waals surface area contributed by atoms with Gasteiger partial charge in [0.1, 0.15) is 5.82 Å². The van der Waals surface area contributed by atoms with Gasteiger partial charge in [-0.05, 0) is 32.5 Å². The summed E-state index contributed by atoms with van der Waals surface area (Å²) in [5.74, 6) is 1.58. The lowest BCUT2D eigenvalue weighted by Crippen LogP contribution is -2.57. The van der Waals surface area contributed by atoms with Crippen LogP contribution >= 0.6 is 11.6 Å². The average Bonchev–Trinajstić information content (AvgIpc) is 2.33. The van der Waals surface area contributed by atoms with E-state index in [9.17, 15) is 0 Å². The third-order valence-electron chi connectivity index (χ3n) is 3.60. The first kappa shape index (κ1) is 12.7. The molecule has 0 radical (unpaired) electrons. The van der Waals surface area contributed by atoms with Crippen molar-refractivity contribution in [3.8, 4) is 0 Å². The molecule has 1 aromatic rings.